The Balaban J connectivity index is 2.03. The van der Waals surface area contributed by atoms with Gasteiger partial charge in [-0.05, 0) is 25.3 Å². The Morgan fingerprint density at radius 2 is 2.09 bits per heavy atom. The molecule has 0 aromatic heterocycles. The highest BCUT2D eigenvalue weighted by Crippen LogP contribution is 2.26. The van der Waals surface area contributed by atoms with E-state index in [1.54, 1.807) is 6.07 Å². The molecule has 1 aliphatic heterocycles. The third-order valence-corrected chi connectivity index (χ3v) is 3.52. The van der Waals surface area contributed by atoms with E-state index in [-0.39, 0.29) is 11.4 Å². The molecular formula is C14H16N2O6. The molecule has 1 saturated heterocycles. The van der Waals surface area contributed by atoms with Gasteiger partial charge in [0, 0.05) is 12.6 Å². The zero-order valence-electron chi connectivity index (χ0n) is 11.8. The number of hydrogen-bond acceptors (Lipinski definition) is 5. The number of carboxylic acids is 1. The second kappa shape index (κ2) is 6.88. The van der Waals surface area contributed by atoms with Gasteiger partial charge < -0.3 is 14.7 Å². The molecule has 22 heavy (non-hydrogen) atoms. The molecule has 1 fully saturated rings. The molecular weight excluding hydrogens is 292 g/mol. The SMILES string of the molecule is O=C(O)C1CCCCN1C(=O)COc1ccccc1[N+](=O)[O-]. The van der Waals surface area contributed by atoms with E-state index in [0.29, 0.717) is 13.0 Å². The Hall–Kier alpha value is -2.64. The van der Waals surface area contributed by atoms with E-state index in [2.05, 4.69) is 0 Å². The number of nitro groups is 1. The predicted molar refractivity (Wildman–Crippen MR) is 75.6 cm³/mol. The van der Waals surface area contributed by atoms with Gasteiger partial charge in [0.05, 0.1) is 4.92 Å². The van der Waals surface area contributed by atoms with Crippen LogP contribution in [0.1, 0.15) is 19.3 Å². The lowest BCUT2D eigenvalue weighted by Gasteiger charge is -2.32. The van der Waals surface area contributed by atoms with Gasteiger partial charge in [-0.25, -0.2) is 4.79 Å². The standard InChI is InChI=1S/C14H16N2O6/c17-13(15-8-4-3-6-11(15)14(18)19)9-22-12-7-2-1-5-10(12)16(20)21/h1-2,5,7,11H,3-4,6,8-9H2,(H,18,19). The lowest BCUT2D eigenvalue weighted by Crippen LogP contribution is -2.49. The zero-order valence-corrected chi connectivity index (χ0v) is 11.8. The molecule has 8 heteroatoms. The Labute approximate surface area is 126 Å². The van der Waals surface area contributed by atoms with E-state index in [4.69, 9.17) is 9.84 Å². The fourth-order valence-corrected chi connectivity index (χ4v) is 2.44. The Morgan fingerprint density at radius 3 is 2.77 bits per heavy atom. The monoisotopic (exact) mass is 308 g/mol. The summed E-state index contributed by atoms with van der Waals surface area (Å²) in [7, 11) is 0. The molecule has 2 rings (SSSR count). The molecule has 1 aliphatic rings. The maximum absolute atomic E-state index is 12.1. The van der Waals surface area contributed by atoms with Crippen LogP contribution >= 0.6 is 0 Å². The van der Waals surface area contributed by atoms with Crippen molar-refractivity contribution in [2.45, 2.75) is 25.3 Å². The van der Waals surface area contributed by atoms with Crippen molar-refractivity contribution in [2.24, 2.45) is 0 Å². The van der Waals surface area contributed by atoms with Crippen molar-refractivity contribution in [2.75, 3.05) is 13.2 Å². The van der Waals surface area contributed by atoms with Crippen LogP contribution in [0.15, 0.2) is 24.3 Å². The molecule has 118 valence electrons. The zero-order chi connectivity index (χ0) is 16.1. The van der Waals surface area contributed by atoms with E-state index in [0.717, 1.165) is 12.8 Å². The summed E-state index contributed by atoms with van der Waals surface area (Å²) in [5.41, 5.74) is -0.233. The number of carbonyl (C=O) groups is 2. The first-order chi connectivity index (χ1) is 10.5. The lowest BCUT2D eigenvalue weighted by molar-refractivity contribution is -0.385. The minimum atomic E-state index is -1.04. The van der Waals surface area contributed by atoms with Gasteiger partial charge in [-0.2, -0.15) is 0 Å². The number of ether oxygens (including phenoxy) is 1. The van der Waals surface area contributed by atoms with Crippen LogP contribution in [-0.4, -0.2) is 46.0 Å². The third-order valence-electron chi connectivity index (χ3n) is 3.52. The van der Waals surface area contributed by atoms with Crippen molar-refractivity contribution >= 4 is 17.6 Å². The average molecular weight is 308 g/mol. The van der Waals surface area contributed by atoms with Gasteiger partial charge >= 0.3 is 11.7 Å². The van der Waals surface area contributed by atoms with Crippen LogP contribution in [0.2, 0.25) is 0 Å². The van der Waals surface area contributed by atoms with Gasteiger partial charge in [0.1, 0.15) is 6.04 Å². The third kappa shape index (κ3) is 3.51. The van der Waals surface area contributed by atoms with Crippen molar-refractivity contribution in [1.29, 1.82) is 0 Å². The maximum atomic E-state index is 12.1. The number of carbonyl (C=O) groups excluding carboxylic acids is 1. The molecule has 1 unspecified atom stereocenters. The number of nitrogens with zero attached hydrogens (tertiary/aromatic N) is 2. The highest BCUT2D eigenvalue weighted by Gasteiger charge is 2.32. The largest absolute Gasteiger partial charge is 0.480 e. The first-order valence-electron chi connectivity index (χ1n) is 6.89. The van der Waals surface area contributed by atoms with Gasteiger partial charge in [0.25, 0.3) is 5.91 Å². The predicted octanol–water partition coefficient (Wildman–Crippen LogP) is 1.44. The molecule has 1 amide bonds. The smallest absolute Gasteiger partial charge is 0.326 e. The number of hydrogen-bond donors (Lipinski definition) is 1. The number of nitro benzene ring substituents is 1. The number of piperidine rings is 1. The molecule has 1 aromatic carbocycles. The second-order valence-electron chi connectivity index (χ2n) is 4.95. The number of amides is 1. The minimum absolute atomic E-state index is 0.00951. The van der Waals surface area contributed by atoms with Crippen LogP contribution in [0.3, 0.4) is 0 Å². The van der Waals surface area contributed by atoms with E-state index in [9.17, 15) is 19.7 Å². The quantitative estimate of drug-likeness (QED) is 0.651. The number of para-hydroxylation sites is 2. The normalized spacial score (nSPS) is 17.8. The van der Waals surface area contributed by atoms with E-state index < -0.39 is 29.4 Å². The van der Waals surface area contributed by atoms with Crippen molar-refractivity contribution in [3.63, 3.8) is 0 Å². The molecule has 1 heterocycles. The summed E-state index contributed by atoms with van der Waals surface area (Å²) in [6.07, 6.45) is 1.90. The second-order valence-corrected chi connectivity index (χ2v) is 4.95. The van der Waals surface area contributed by atoms with Crippen molar-refractivity contribution in [3.05, 3.63) is 34.4 Å². The molecule has 0 saturated carbocycles. The molecule has 1 atom stereocenters. The molecule has 0 aliphatic carbocycles. The Bertz CT molecular complexity index is 588. The number of carboxylic acid groups (broad SMARTS) is 1. The van der Waals surface area contributed by atoms with Crippen LogP contribution in [-0.2, 0) is 9.59 Å². The lowest BCUT2D eigenvalue weighted by atomic mass is 10.0. The van der Waals surface area contributed by atoms with Gasteiger partial charge in [0.2, 0.25) is 0 Å². The highest BCUT2D eigenvalue weighted by molar-refractivity contribution is 5.84. The first kappa shape index (κ1) is 15.7. The van der Waals surface area contributed by atoms with Crippen LogP contribution in [0.4, 0.5) is 5.69 Å². The van der Waals surface area contributed by atoms with Crippen LogP contribution < -0.4 is 4.74 Å². The van der Waals surface area contributed by atoms with E-state index in [1.807, 2.05) is 0 Å². The van der Waals surface area contributed by atoms with Gasteiger partial charge in [-0.1, -0.05) is 12.1 Å². The van der Waals surface area contributed by atoms with Crippen molar-refractivity contribution < 1.29 is 24.4 Å². The molecule has 0 radical (unpaired) electrons. The number of benzene rings is 1. The molecule has 0 bridgehead atoms. The Morgan fingerprint density at radius 1 is 1.36 bits per heavy atom. The number of aliphatic carboxylic acids is 1. The van der Waals surface area contributed by atoms with Gasteiger partial charge in [-0.15, -0.1) is 0 Å². The van der Waals surface area contributed by atoms with Gasteiger partial charge in [-0.3, -0.25) is 14.9 Å². The van der Waals surface area contributed by atoms with E-state index in [1.165, 1.54) is 23.1 Å². The number of rotatable bonds is 5. The average Bonchev–Trinajstić information content (AvgIpc) is 2.52. The minimum Gasteiger partial charge on any atom is -0.480 e. The number of likely N-dealkylation sites (tertiary alicyclic amines) is 1. The summed E-state index contributed by atoms with van der Waals surface area (Å²) >= 11 is 0. The topological polar surface area (TPSA) is 110 Å². The van der Waals surface area contributed by atoms with Crippen molar-refractivity contribution in [1.82, 2.24) is 4.90 Å². The first-order valence-corrected chi connectivity index (χ1v) is 6.89. The molecule has 1 aromatic rings. The fourth-order valence-electron chi connectivity index (χ4n) is 2.44. The summed E-state index contributed by atoms with van der Waals surface area (Å²) < 4.78 is 5.22. The Kier molecular flexibility index (Phi) is 4.92. The fraction of sp³-hybridized carbons (Fsp3) is 0.429. The summed E-state index contributed by atoms with van der Waals surface area (Å²) in [6, 6.07) is 4.89. The molecule has 8 nitrogen and oxygen atoms in total. The summed E-state index contributed by atoms with van der Waals surface area (Å²) in [5, 5.41) is 20.0. The summed E-state index contributed by atoms with van der Waals surface area (Å²) in [5.74, 6) is -1.53. The molecule has 1 N–H and O–H groups in total. The van der Waals surface area contributed by atoms with Crippen LogP contribution in [0, 0.1) is 10.1 Å². The summed E-state index contributed by atoms with van der Waals surface area (Å²) in [4.78, 5) is 34.8. The van der Waals surface area contributed by atoms with Gasteiger partial charge in [0.15, 0.2) is 12.4 Å². The molecule has 0 spiro atoms. The van der Waals surface area contributed by atoms with Crippen LogP contribution in [0.5, 0.6) is 5.75 Å². The maximum Gasteiger partial charge on any atom is 0.326 e. The summed E-state index contributed by atoms with van der Waals surface area (Å²) in [6.45, 7) is -0.0648. The highest BCUT2D eigenvalue weighted by atomic mass is 16.6. The van der Waals surface area contributed by atoms with Crippen molar-refractivity contribution in [3.8, 4) is 5.75 Å². The van der Waals surface area contributed by atoms with Crippen LogP contribution in [0.25, 0.3) is 0 Å². The van der Waals surface area contributed by atoms with E-state index >= 15 is 0 Å².